The molecule has 1 aromatic carbocycles. The molecule has 1 heterocycles. The highest BCUT2D eigenvalue weighted by molar-refractivity contribution is 5.63. The highest BCUT2D eigenvalue weighted by Gasteiger charge is 2.04. The highest BCUT2D eigenvalue weighted by Crippen LogP contribution is 2.21. The van der Waals surface area contributed by atoms with Gasteiger partial charge in [-0.15, -0.1) is 0 Å². The Bertz CT molecular complexity index is 503. The molecule has 0 saturated carbocycles. The summed E-state index contributed by atoms with van der Waals surface area (Å²) in [7, 11) is 0. The molecule has 0 unspecified atom stereocenters. The number of aromatic nitrogens is 2. The predicted octanol–water partition coefficient (Wildman–Crippen LogP) is 2.99. The maximum Gasteiger partial charge on any atom is 0.220 e. The van der Waals surface area contributed by atoms with Crippen LogP contribution in [0.15, 0.2) is 30.5 Å². The first-order valence-electron chi connectivity index (χ1n) is 5.89. The van der Waals surface area contributed by atoms with Crippen LogP contribution >= 0.6 is 0 Å². The lowest BCUT2D eigenvalue weighted by Gasteiger charge is -2.06. The highest BCUT2D eigenvalue weighted by atomic mass is 15.0. The van der Waals surface area contributed by atoms with E-state index in [1.807, 2.05) is 6.92 Å². The smallest absolute Gasteiger partial charge is 0.220 e. The third-order valence-corrected chi connectivity index (χ3v) is 2.76. The van der Waals surface area contributed by atoms with Crippen LogP contribution < -0.4 is 5.73 Å². The molecule has 2 N–H and O–H groups in total. The second kappa shape index (κ2) is 4.95. The van der Waals surface area contributed by atoms with Crippen molar-refractivity contribution in [2.45, 2.75) is 26.7 Å². The SMILES string of the molecule is CCCc1ccc(-c2nc(N)ncc2C)cc1. The quantitative estimate of drug-likeness (QED) is 0.877. The number of hydrogen-bond acceptors (Lipinski definition) is 3. The van der Waals surface area contributed by atoms with Gasteiger partial charge in [-0.05, 0) is 24.5 Å². The number of aryl methyl sites for hydroxylation is 2. The first-order valence-corrected chi connectivity index (χ1v) is 5.89. The minimum atomic E-state index is 0.322. The van der Waals surface area contributed by atoms with Crippen LogP contribution in [-0.2, 0) is 6.42 Å². The van der Waals surface area contributed by atoms with Crippen molar-refractivity contribution < 1.29 is 0 Å². The molecular weight excluding hydrogens is 210 g/mol. The van der Waals surface area contributed by atoms with E-state index in [4.69, 9.17) is 5.73 Å². The van der Waals surface area contributed by atoms with E-state index < -0.39 is 0 Å². The van der Waals surface area contributed by atoms with Crippen LogP contribution in [0.4, 0.5) is 5.95 Å². The van der Waals surface area contributed by atoms with Crippen LogP contribution in [0.3, 0.4) is 0 Å². The summed E-state index contributed by atoms with van der Waals surface area (Å²) in [6.45, 7) is 4.18. The minimum absolute atomic E-state index is 0.322. The van der Waals surface area contributed by atoms with Gasteiger partial charge in [0.15, 0.2) is 0 Å². The van der Waals surface area contributed by atoms with E-state index in [-0.39, 0.29) is 0 Å². The molecule has 0 atom stereocenters. The van der Waals surface area contributed by atoms with Gasteiger partial charge in [0, 0.05) is 11.8 Å². The maximum absolute atomic E-state index is 5.62. The minimum Gasteiger partial charge on any atom is -0.368 e. The summed E-state index contributed by atoms with van der Waals surface area (Å²) in [4.78, 5) is 8.26. The van der Waals surface area contributed by atoms with Gasteiger partial charge in [0.2, 0.25) is 5.95 Å². The summed E-state index contributed by atoms with van der Waals surface area (Å²) in [5, 5.41) is 0. The van der Waals surface area contributed by atoms with Gasteiger partial charge in [0.1, 0.15) is 0 Å². The fraction of sp³-hybridized carbons (Fsp3) is 0.286. The maximum atomic E-state index is 5.62. The Kier molecular flexibility index (Phi) is 3.38. The number of hydrogen-bond donors (Lipinski definition) is 1. The lowest BCUT2D eigenvalue weighted by Crippen LogP contribution is -1.98. The fourth-order valence-electron chi connectivity index (χ4n) is 1.87. The molecule has 0 aliphatic rings. The molecule has 0 amide bonds. The van der Waals surface area contributed by atoms with E-state index >= 15 is 0 Å². The summed E-state index contributed by atoms with van der Waals surface area (Å²) >= 11 is 0. The van der Waals surface area contributed by atoms with Crippen LogP contribution in [0.2, 0.25) is 0 Å². The molecule has 0 bridgehead atoms. The first-order chi connectivity index (χ1) is 8.20. The standard InChI is InChI=1S/C14H17N3/c1-3-4-11-5-7-12(8-6-11)13-10(2)9-16-14(15)17-13/h5-9H,3-4H2,1-2H3,(H2,15,16,17). The van der Waals surface area contributed by atoms with Gasteiger partial charge in [-0.1, -0.05) is 37.6 Å². The number of nitrogens with two attached hydrogens (primary N) is 1. The van der Waals surface area contributed by atoms with Crippen molar-refractivity contribution in [1.29, 1.82) is 0 Å². The van der Waals surface area contributed by atoms with Crippen LogP contribution in [-0.4, -0.2) is 9.97 Å². The third kappa shape index (κ3) is 2.61. The molecule has 0 spiro atoms. The molecule has 0 saturated heterocycles. The summed E-state index contributed by atoms with van der Waals surface area (Å²) in [5.74, 6) is 0.322. The Morgan fingerprint density at radius 3 is 2.53 bits per heavy atom. The number of benzene rings is 1. The van der Waals surface area contributed by atoms with E-state index in [0.29, 0.717) is 5.95 Å². The van der Waals surface area contributed by atoms with Crippen molar-refractivity contribution >= 4 is 5.95 Å². The van der Waals surface area contributed by atoms with Crippen molar-refractivity contribution in [1.82, 2.24) is 9.97 Å². The normalized spacial score (nSPS) is 10.5. The Morgan fingerprint density at radius 2 is 1.88 bits per heavy atom. The molecule has 0 aliphatic heterocycles. The van der Waals surface area contributed by atoms with Gasteiger partial charge < -0.3 is 5.73 Å². The molecule has 1 aromatic heterocycles. The van der Waals surface area contributed by atoms with Crippen molar-refractivity contribution in [3.05, 3.63) is 41.6 Å². The third-order valence-electron chi connectivity index (χ3n) is 2.76. The van der Waals surface area contributed by atoms with Gasteiger partial charge in [-0.3, -0.25) is 0 Å². The van der Waals surface area contributed by atoms with Crippen molar-refractivity contribution in [2.24, 2.45) is 0 Å². The molecule has 3 nitrogen and oxygen atoms in total. The molecule has 17 heavy (non-hydrogen) atoms. The van der Waals surface area contributed by atoms with Crippen LogP contribution in [0, 0.1) is 6.92 Å². The molecule has 88 valence electrons. The van der Waals surface area contributed by atoms with E-state index in [1.54, 1.807) is 6.20 Å². The largest absolute Gasteiger partial charge is 0.368 e. The second-order valence-electron chi connectivity index (χ2n) is 4.21. The molecule has 0 fully saturated rings. The Balaban J connectivity index is 2.36. The van der Waals surface area contributed by atoms with E-state index in [2.05, 4.69) is 41.2 Å². The van der Waals surface area contributed by atoms with Crippen molar-refractivity contribution in [3.8, 4) is 11.3 Å². The van der Waals surface area contributed by atoms with Crippen molar-refractivity contribution in [2.75, 3.05) is 5.73 Å². The predicted molar refractivity (Wildman–Crippen MR) is 70.6 cm³/mol. The fourth-order valence-corrected chi connectivity index (χ4v) is 1.87. The summed E-state index contributed by atoms with van der Waals surface area (Å²) in [6.07, 6.45) is 4.04. The zero-order valence-electron chi connectivity index (χ0n) is 10.3. The first kappa shape index (κ1) is 11.6. The molecule has 2 aromatic rings. The molecule has 2 rings (SSSR count). The van der Waals surface area contributed by atoms with Gasteiger partial charge in [-0.25, -0.2) is 9.97 Å². The van der Waals surface area contributed by atoms with Crippen molar-refractivity contribution in [3.63, 3.8) is 0 Å². The number of anilines is 1. The lowest BCUT2D eigenvalue weighted by atomic mass is 10.0. The molecule has 0 radical (unpaired) electrons. The second-order valence-corrected chi connectivity index (χ2v) is 4.21. The Labute approximate surface area is 102 Å². The molecule has 0 aliphatic carbocycles. The van der Waals surface area contributed by atoms with E-state index in [0.717, 1.165) is 23.2 Å². The van der Waals surface area contributed by atoms with Gasteiger partial charge in [0.05, 0.1) is 5.69 Å². The van der Waals surface area contributed by atoms with Crippen LogP contribution in [0.5, 0.6) is 0 Å². The number of nitrogen functional groups attached to an aromatic ring is 1. The van der Waals surface area contributed by atoms with Gasteiger partial charge in [0.25, 0.3) is 0 Å². The zero-order valence-corrected chi connectivity index (χ0v) is 10.3. The summed E-state index contributed by atoms with van der Waals surface area (Å²) < 4.78 is 0. The average molecular weight is 227 g/mol. The zero-order chi connectivity index (χ0) is 12.3. The monoisotopic (exact) mass is 227 g/mol. The average Bonchev–Trinajstić information content (AvgIpc) is 2.34. The van der Waals surface area contributed by atoms with E-state index in [9.17, 15) is 0 Å². The Hall–Kier alpha value is -1.90. The van der Waals surface area contributed by atoms with Crippen LogP contribution in [0.25, 0.3) is 11.3 Å². The number of rotatable bonds is 3. The van der Waals surface area contributed by atoms with E-state index in [1.165, 1.54) is 12.0 Å². The Morgan fingerprint density at radius 1 is 1.18 bits per heavy atom. The van der Waals surface area contributed by atoms with Gasteiger partial charge in [-0.2, -0.15) is 0 Å². The topological polar surface area (TPSA) is 51.8 Å². The van der Waals surface area contributed by atoms with Gasteiger partial charge >= 0.3 is 0 Å². The molecular formula is C14H17N3. The summed E-state index contributed by atoms with van der Waals surface area (Å²) in [6, 6.07) is 8.49. The molecule has 3 heteroatoms. The number of nitrogens with zero attached hydrogens (tertiary/aromatic N) is 2. The summed E-state index contributed by atoms with van der Waals surface area (Å²) in [5.41, 5.74) is 10.0. The lowest BCUT2D eigenvalue weighted by molar-refractivity contribution is 0.922. The van der Waals surface area contributed by atoms with Crippen LogP contribution in [0.1, 0.15) is 24.5 Å².